The highest BCUT2D eigenvalue weighted by Crippen LogP contribution is 2.31. The van der Waals surface area contributed by atoms with Crippen molar-refractivity contribution in [1.29, 1.82) is 0 Å². The lowest BCUT2D eigenvalue weighted by atomic mass is 10.1. The highest BCUT2D eigenvalue weighted by molar-refractivity contribution is 6.04. The highest BCUT2D eigenvalue weighted by Gasteiger charge is 2.33. The molecule has 29 heavy (non-hydrogen) atoms. The number of amides is 2. The Bertz CT molecular complexity index is 1040. The molecule has 3 heterocycles. The molecule has 1 aliphatic heterocycles. The summed E-state index contributed by atoms with van der Waals surface area (Å²) in [5, 5.41) is 9.22. The summed E-state index contributed by atoms with van der Waals surface area (Å²) in [5.74, 6) is -0.397. The van der Waals surface area contributed by atoms with E-state index in [9.17, 15) is 14.0 Å². The number of hydrogen-bond donors (Lipinski definition) is 2. The smallest absolute Gasteiger partial charge is 0.272 e. The predicted molar refractivity (Wildman–Crippen MR) is 103 cm³/mol. The second kappa shape index (κ2) is 7.78. The van der Waals surface area contributed by atoms with Crippen LogP contribution in [0, 0.1) is 12.7 Å². The maximum Gasteiger partial charge on any atom is 0.272 e. The average molecular weight is 394 g/mol. The van der Waals surface area contributed by atoms with Gasteiger partial charge in [-0.15, -0.1) is 0 Å². The van der Waals surface area contributed by atoms with Crippen molar-refractivity contribution in [2.75, 3.05) is 11.9 Å². The van der Waals surface area contributed by atoms with Crippen LogP contribution in [0.3, 0.4) is 0 Å². The Balaban J connectivity index is 1.52. The van der Waals surface area contributed by atoms with Gasteiger partial charge in [-0.1, -0.05) is 0 Å². The number of anilines is 1. The van der Waals surface area contributed by atoms with Crippen molar-refractivity contribution in [3.63, 3.8) is 0 Å². The molecule has 1 aliphatic rings. The van der Waals surface area contributed by atoms with Crippen molar-refractivity contribution >= 4 is 17.5 Å². The summed E-state index contributed by atoms with van der Waals surface area (Å²) in [6.45, 7) is 2.33. The first kappa shape index (κ1) is 18.7. The van der Waals surface area contributed by atoms with Gasteiger partial charge in [0.1, 0.15) is 11.5 Å². The number of benzene rings is 1. The lowest BCUT2D eigenvalue weighted by Gasteiger charge is -2.23. The van der Waals surface area contributed by atoms with Crippen molar-refractivity contribution in [2.45, 2.75) is 25.8 Å². The Hall–Kier alpha value is -3.62. The zero-order valence-electron chi connectivity index (χ0n) is 15.7. The van der Waals surface area contributed by atoms with Crippen LogP contribution in [-0.4, -0.2) is 43.4 Å². The molecule has 0 radical (unpaired) electrons. The van der Waals surface area contributed by atoms with Gasteiger partial charge in [0.15, 0.2) is 5.82 Å². The monoisotopic (exact) mass is 394 g/mol. The highest BCUT2D eigenvalue weighted by atomic mass is 19.1. The molecule has 2 aromatic heterocycles. The third kappa shape index (κ3) is 3.84. The van der Waals surface area contributed by atoms with Crippen LogP contribution in [0.4, 0.5) is 10.1 Å². The number of nitrogens with zero attached hydrogens (tertiary/aromatic N) is 4. The molecule has 1 atom stereocenters. The summed E-state index contributed by atoms with van der Waals surface area (Å²) in [7, 11) is 0. The number of carbonyl (C=O) groups is 2. The predicted octanol–water partition coefficient (Wildman–Crippen LogP) is 2.88. The Morgan fingerprint density at radius 3 is 2.72 bits per heavy atom. The number of H-pyrrole nitrogens is 1. The second-order valence-electron chi connectivity index (χ2n) is 6.82. The van der Waals surface area contributed by atoms with Crippen LogP contribution in [0.15, 0.2) is 42.7 Å². The van der Waals surface area contributed by atoms with E-state index in [0.717, 1.165) is 12.8 Å². The van der Waals surface area contributed by atoms with E-state index in [0.29, 0.717) is 35.0 Å². The molecular weight excluding hydrogens is 375 g/mol. The molecule has 1 saturated heterocycles. The first-order valence-electron chi connectivity index (χ1n) is 9.24. The van der Waals surface area contributed by atoms with Gasteiger partial charge in [0.05, 0.1) is 17.3 Å². The van der Waals surface area contributed by atoms with Gasteiger partial charge in [0.25, 0.3) is 11.8 Å². The SMILES string of the molecule is Cc1nc([C@H]2CCCN2C(=O)c2ccn[nH]2)ncc1C(=O)Nc1ccc(F)cc1. The Labute approximate surface area is 166 Å². The maximum atomic E-state index is 13.0. The third-order valence-corrected chi connectivity index (χ3v) is 4.89. The van der Waals surface area contributed by atoms with Crippen LogP contribution < -0.4 is 5.32 Å². The fourth-order valence-electron chi connectivity index (χ4n) is 3.41. The fraction of sp³-hybridized carbons (Fsp3) is 0.250. The van der Waals surface area contributed by atoms with Crippen molar-refractivity contribution in [3.05, 3.63) is 71.3 Å². The van der Waals surface area contributed by atoms with E-state index in [4.69, 9.17) is 0 Å². The van der Waals surface area contributed by atoms with Gasteiger partial charge >= 0.3 is 0 Å². The molecule has 8 nitrogen and oxygen atoms in total. The van der Waals surface area contributed by atoms with Gasteiger partial charge in [0.2, 0.25) is 0 Å². The van der Waals surface area contributed by atoms with Gasteiger partial charge in [-0.2, -0.15) is 5.10 Å². The van der Waals surface area contributed by atoms with Gasteiger partial charge in [-0.05, 0) is 50.1 Å². The number of likely N-dealkylation sites (tertiary alicyclic amines) is 1. The topological polar surface area (TPSA) is 104 Å². The molecule has 0 saturated carbocycles. The lowest BCUT2D eigenvalue weighted by Crippen LogP contribution is -2.32. The number of halogens is 1. The van der Waals surface area contributed by atoms with Gasteiger partial charge in [-0.25, -0.2) is 14.4 Å². The van der Waals surface area contributed by atoms with Gasteiger partial charge in [-0.3, -0.25) is 14.7 Å². The van der Waals surface area contributed by atoms with Crippen molar-refractivity contribution < 1.29 is 14.0 Å². The fourth-order valence-corrected chi connectivity index (χ4v) is 3.41. The molecule has 3 aromatic rings. The molecule has 1 fully saturated rings. The molecule has 0 bridgehead atoms. The first-order valence-corrected chi connectivity index (χ1v) is 9.24. The number of aromatic nitrogens is 4. The number of nitrogens with one attached hydrogen (secondary N) is 2. The minimum atomic E-state index is -0.377. The van der Waals surface area contributed by atoms with Crippen molar-refractivity contribution in [1.82, 2.24) is 25.1 Å². The van der Waals surface area contributed by atoms with Crippen LogP contribution in [0.25, 0.3) is 0 Å². The molecule has 4 rings (SSSR count). The summed E-state index contributed by atoms with van der Waals surface area (Å²) >= 11 is 0. The summed E-state index contributed by atoms with van der Waals surface area (Å²) in [6, 6.07) is 6.89. The summed E-state index contributed by atoms with van der Waals surface area (Å²) in [5.41, 5.74) is 1.73. The average Bonchev–Trinajstić information content (AvgIpc) is 3.41. The molecule has 0 spiro atoms. The van der Waals surface area contributed by atoms with Crippen molar-refractivity contribution in [3.8, 4) is 0 Å². The lowest BCUT2D eigenvalue weighted by molar-refractivity contribution is 0.0723. The molecule has 9 heteroatoms. The molecular formula is C20H19FN6O2. The van der Waals surface area contributed by atoms with E-state index in [1.54, 1.807) is 17.9 Å². The molecule has 0 aliphatic carbocycles. The zero-order chi connectivity index (χ0) is 20.4. The minimum absolute atomic E-state index is 0.149. The number of aryl methyl sites for hydroxylation is 1. The Morgan fingerprint density at radius 1 is 1.24 bits per heavy atom. The second-order valence-corrected chi connectivity index (χ2v) is 6.82. The van der Waals surface area contributed by atoms with Crippen LogP contribution in [0.5, 0.6) is 0 Å². The minimum Gasteiger partial charge on any atom is -0.327 e. The van der Waals surface area contributed by atoms with E-state index < -0.39 is 0 Å². The van der Waals surface area contributed by atoms with Crippen LogP contribution in [0.2, 0.25) is 0 Å². The van der Waals surface area contributed by atoms with E-state index in [1.807, 2.05) is 0 Å². The summed E-state index contributed by atoms with van der Waals surface area (Å²) < 4.78 is 13.0. The Morgan fingerprint density at radius 2 is 2.03 bits per heavy atom. The molecule has 0 unspecified atom stereocenters. The number of aromatic amines is 1. The van der Waals surface area contributed by atoms with E-state index in [-0.39, 0.29) is 23.7 Å². The number of carbonyl (C=O) groups excluding carboxylic acids is 2. The third-order valence-electron chi connectivity index (χ3n) is 4.89. The molecule has 2 amide bonds. The first-order chi connectivity index (χ1) is 14.0. The van der Waals surface area contributed by atoms with Gasteiger partial charge < -0.3 is 10.2 Å². The maximum absolute atomic E-state index is 13.0. The van der Waals surface area contributed by atoms with Crippen LogP contribution in [0.1, 0.15) is 51.2 Å². The molecule has 148 valence electrons. The zero-order valence-corrected chi connectivity index (χ0v) is 15.7. The quantitative estimate of drug-likeness (QED) is 0.708. The Kier molecular flexibility index (Phi) is 5.03. The van der Waals surface area contributed by atoms with Crippen LogP contribution >= 0.6 is 0 Å². The standard InChI is InChI=1S/C20H19FN6O2/c1-12-15(19(28)25-14-6-4-13(21)5-7-14)11-22-18(24-12)17-3-2-10-27(17)20(29)16-8-9-23-26-16/h4-9,11,17H,2-3,10H2,1H3,(H,23,26)(H,25,28)/t17-/m1/s1. The largest absolute Gasteiger partial charge is 0.327 e. The summed E-state index contributed by atoms with van der Waals surface area (Å²) in [6.07, 6.45) is 4.60. The van der Waals surface area contributed by atoms with Crippen molar-refractivity contribution in [2.24, 2.45) is 0 Å². The number of rotatable bonds is 4. The van der Waals surface area contributed by atoms with E-state index in [2.05, 4.69) is 25.5 Å². The molecule has 1 aromatic carbocycles. The van der Waals surface area contributed by atoms with E-state index in [1.165, 1.54) is 36.7 Å². The van der Waals surface area contributed by atoms with Gasteiger partial charge in [0, 0.05) is 24.6 Å². The number of hydrogen-bond acceptors (Lipinski definition) is 5. The van der Waals surface area contributed by atoms with Crippen LogP contribution in [-0.2, 0) is 0 Å². The normalized spacial score (nSPS) is 16.1. The molecule has 2 N–H and O–H groups in total. The van der Waals surface area contributed by atoms with E-state index >= 15 is 0 Å². The summed E-state index contributed by atoms with van der Waals surface area (Å²) in [4.78, 5) is 35.8.